The molecule has 0 aliphatic rings. The number of Topliss-reactive ketones (excluding diaryl/α,β-unsaturated/α-hetero) is 1. The van der Waals surface area contributed by atoms with E-state index in [4.69, 9.17) is 4.74 Å². The molecule has 0 spiro atoms. The van der Waals surface area contributed by atoms with E-state index >= 15 is 0 Å². The normalized spacial score (nSPS) is 10.8. The molecule has 0 aliphatic carbocycles. The quantitative estimate of drug-likeness (QED) is 0.696. The van der Waals surface area contributed by atoms with Crippen LogP contribution in [0.25, 0.3) is 0 Å². The van der Waals surface area contributed by atoms with Gasteiger partial charge in [0.1, 0.15) is 5.75 Å². The van der Waals surface area contributed by atoms with E-state index in [0.29, 0.717) is 12.3 Å². The van der Waals surface area contributed by atoms with Crippen LogP contribution in [0.4, 0.5) is 0 Å². The summed E-state index contributed by atoms with van der Waals surface area (Å²) >= 11 is 1.51. The van der Waals surface area contributed by atoms with Crippen molar-refractivity contribution in [3.8, 4) is 5.75 Å². The smallest absolute Gasteiger partial charge is 0.173 e. The second-order valence-corrected chi connectivity index (χ2v) is 6.20. The highest BCUT2D eigenvalue weighted by Gasteiger charge is 2.07. The molecule has 0 radical (unpaired) electrons. The summed E-state index contributed by atoms with van der Waals surface area (Å²) in [5, 5.41) is 1.94. The standard InChI is InChI=1S/C17H20O2S/c1-13(2)12-19-15-8-5-14(6-9-15)7-10-16(18)17-4-3-11-20-17/h3-6,8-9,11,13H,7,10,12H2,1-2H3. The van der Waals surface area contributed by atoms with Crippen molar-refractivity contribution in [1.82, 2.24) is 0 Å². The van der Waals surface area contributed by atoms with Crippen LogP contribution in [-0.4, -0.2) is 12.4 Å². The molecule has 106 valence electrons. The first-order chi connectivity index (χ1) is 9.65. The molecule has 2 nitrogen and oxygen atoms in total. The van der Waals surface area contributed by atoms with Crippen LogP contribution in [0.15, 0.2) is 41.8 Å². The van der Waals surface area contributed by atoms with Gasteiger partial charge in [-0.05, 0) is 41.5 Å². The van der Waals surface area contributed by atoms with Crippen molar-refractivity contribution >= 4 is 17.1 Å². The Bertz CT molecular complexity index is 527. The molecule has 3 heteroatoms. The molecule has 0 unspecified atom stereocenters. The zero-order chi connectivity index (χ0) is 14.4. The zero-order valence-electron chi connectivity index (χ0n) is 12.0. The van der Waals surface area contributed by atoms with Gasteiger partial charge in [-0.1, -0.05) is 32.0 Å². The molecule has 1 aromatic heterocycles. The van der Waals surface area contributed by atoms with E-state index in [1.807, 2.05) is 41.8 Å². The van der Waals surface area contributed by atoms with Crippen LogP contribution in [0, 0.1) is 5.92 Å². The van der Waals surface area contributed by atoms with E-state index < -0.39 is 0 Å². The summed E-state index contributed by atoms with van der Waals surface area (Å²) in [7, 11) is 0. The highest BCUT2D eigenvalue weighted by atomic mass is 32.1. The lowest BCUT2D eigenvalue weighted by atomic mass is 10.1. The summed E-state index contributed by atoms with van der Waals surface area (Å²) in [4.78, 5) is 12.8. The van der Waals surface area contributed by atoms with Gasteiger partial charge in [-0.15, -0.1) is 11.3 Å². The molecular formula is C17H20O2S. The third kappa shape index (κ3) is 4.49. The van der Waals surface area contributed by atoms with Crippen molar-refractivity contribution in [2.24, 2.45) is 5.92 Å². The molecule has 0 atom stereocenters. The van der Waals surface area contributed by atoms with E-state index in [1.165, 1.54) is 16.9 Å². The van der Waals surface area contributed by atoms with Gasteiger partial charge in [0.25, 0.3) is 0 Å². The Kier molecular flexibility index (Phi) is 5.36. The molecule has 0 saturated carbocycles. The summed E-state index contributed by atoms with van der Waals surface area (Å²) in [5.41, 5.74) is 1.17. The first-order valence-electron chi connectivity index (χ1n) is 6.93. The molecule has 0 amide bonds. The Balaban J connectivity index is 1.83. The van der Waals surface area contributed by atoms with E-state index in [1.54, 1.807) is 0 Å². The molecule has 20 heavy (non-hydrogen) atoms. The van der Waals surface area contributed by atoms with Crippen molar-refractivity contribution in [2.75, 3.05) is 6.61 Å². The molecule has 0 fully saturated rings. The van der Waals surface area contributed by atoms with Crippen molar-refractivity contribution in [1.29, 1.82) is 0 Å². The fraction of sp³-hybridized carbons (Fsp3) is 0.353. The Labute approximate surface area is 124 Å². The van der Waals surface area contributed by atoms with Crippen LogP contribution in [-0.2, 0) is 6.42 Å². The van der Waals surface area contributed by atoms with Crippen LogP contribution in [0.3, 0.4) is 0 Å². The third-order valence-corrected chi connectivity index (χ3v) is 3.85. The summed E-state index contributed by atoms with van der Waals surface area (Å²) in [6, 6.07) is 11.8. The Morgan fingerprint density at radius 1 is 1.20 bits per heavy atom. The van der Waals surface area contributed by atoms with Crippen molar-refractivity contribution < 1.29 is 9.53 Å². The Hall–Kier alpha value is -1.61. The van der Waals surface area contributed by atoms with E-state index in [0.717, 1.165) is 23.7 Å². The average Bonchev–Trinajstić information content (AvgIpc) is 2.98. The van der Waals surface area contributed by atoms with Gasteiger partial charge in [0, 0.05) is 6.42 Å². The lowest BCUT2D eigenvalue weighted by Crippen LogP contribution is -2.04. The lowest BCUT2D eigenvalue weighted by Gasteiger charge is -2.09. The fourth-order valence-electron chi connectivity index (χ4n) is 1.83. The monoisotopic (exact) mass is 288 g/mol. The summed E-state index contributed by atoms with van der Waals surface area (Å²) < 4.78 is 5.64. The van der Waals surface area contributed by atoms with Gasteiger partial charge in [0.05, 0.1) is 11.5 Å². The van der Waals surface area contributed by atoms with Crippen LogP contribution < -0.4 is 4.74 Å². The Morgan fingerprint density at radius 3 is 2.55 bits per heavy atom. The number of ether oxygens (including phenoxy) is 1. The number of rotatable bonds is 7. The molecule has 0 bridgehead atoms. The predicted octanol–water partition coefficient (Wildman–Crippen LogP) is 4.60. The molecule has 1 heterocycles. The number of thiophene rings is 1. The summed E-state index contributed by atoms with van der Waals surface area (Å²) in [5.74, 6) is 1.64. The van der Waals surface area contributed by atoms with E-state index in [2.05, 4.69) is 13.8 Å². The number of aryl methyl sites for hydroxylation is 1. The van der Waals surface area contributed by atoms with E-state index in [-0.39, 0.29) is 5.78 Å². The number of carbonyl (C=O) groups excluding carboxylic acids is 1. The highest BCUT2D eigenvalue weighted by Crippen LogP contribution is 2.16. The van der Waals surface area contributed by atoms with Gasteiger partial charge < -0.3 is 4.74 Å². The Morgan fingerprint density at radius 2 is 1.95 bits per heavy atom. The third-order valence-electron chi connectivity index (χ3n) is 2.94. The second-order valence-electron chi connectivity index (χ2n) is 5.25. The largest absolute Gasteiger partial charge is 0.493 e. The van der Waals surface area contributed by atoms with Crippen LogP contribution in [0.5, 0.6) is 5.75 Å². The lowest BCUT2D eigenvalue weighted by molar-refractivity contribution is 0.0987. The predicted molar refractivity (Wildman–Crippen MR) is 83.7 cm³/mol. The minimum absolute atomic E-state index is 0.222. The summed E-state index contributed by atoms with van der Waals surface area (Å²) in [6.45, 7) is 4.99. The number of carbonyl (C=O) groups is 1. The first kappa shape index (κ1) is 14.8. The van der Waals surface area contributed by atoms with Crippen LogP contribution in [0.2, 0.25) is 0 Å². The molecular weight excluding hydrogens is 268 g/mol. The van der Waals surface area contributed by atoms with Gasteiger partial charge in [0.2, 0.25) is 0 Å². The number of ketones is 1. The van der Waals surface area contributed by atoms with Crippen molar-refractivity contribution in [3.63, 3.8) is 0 Å². The minimum atomic E-state index is 0.222. The number of hydrogen-bond donors (Lipinski definition) is 0. The molecule has 2 aromatic rings. The van der Waals surface area contributed by atoms with Gasteiger partial charge in [-0.25, -0.2) is 0 Å². The second kappa shape index (κ2) is 7.25. The molecule has 0 saturated heterocycles. The zero-order valence-corrected chi connectivity index (χ0v) is 12.8. The minimum Gasteiger partial charge on any atom is -0.493 e. The van der Waals surface area contributed by atoms with Gasteiger partial charge >= 0.3 is 0 Å². The summed E-state index contributed by atoms with van der Waals surface area (Å²) in [6.07, 6.45) is 1.34. The average molecular weight is 288 g/mol. The van der Waals surface area contributed by atoms with E-state index in [9.17, 15) is 4.79 Å². The molecule has 0 aliphatic heterocycles. The maximum Gasteiger partial charge on any atom is 0.173 e. The van der Waals surface area contributed by atoms with Gasteiger partial charge in [-0.3, -0.25) is 4.79 Å². The first-order valence-corrected chi connectivity index (χ1v) is 7.81. The van der Waals surface area contributed by atoms with Crippen LogP contribution in [0.1, 0.15) is 35.5 Å². The molecule has 1 aromatic carbocycles. The highest BCUT2D eigenvalue weighted by molar-refractivity contribution is 7.12. The molecule has 2 rings (SSSR count). The maximum absolute atomic E-state index is 11.9. The van der Waals surface area contributed by atoms with Gasteiger partial charge in [0.15, 0.2) is 5.78 Å². The molecule has 0 N–H and O–H groups in total. The fourth-order valence-corrected chi connectivity index (χ4v) is 2.53. The topological polar surface area (TPSA) is 26.3 Å². The van der Waals surface area contributed by atoms with Crippen molar-refractivity contribution in [3.05, 3.63) is 52.2 Å². The van der Waals surface area contributed by atoms with Gasteiger partial charge in [-0.2, -0.15) is 0 Å². The number of hydrogen-bond acceptors (Lipinski definition) is 3. The van der Waals surface area contributed by atoms with Crippen molar-refractivity contribution in [2.45, 2.75) is 26.7 Å². The maximum atomic E-state index is 11.9. The SMILES string of the molecule is CC(C)COc1ccc(CCC(=O)c2cccs2)cc1. The number of benzene rings is 1. The van der Waals surface area contributed by atoms with Crippen LogP contribution >= 0.6 is 11.3 Å².